The number of benzene rings is 1. The SMILES string of the molecule is C=CC(=O)N1CC2(CC(n3nc(N4CCN(CCOC)CC4CF)c(-c4c(Cl)c(C)cc5[nH]ncc45)c3C)C2)C1. The molecule has 1 unspecified atom stereocenters. The number of alkyl halides is 1. The minimum Gasteiger partial charge on any atom is -0.383 e. The molecule has 0 radical (unpaired) electrons. The summed E-state index contributed by atoms with van der Waals surface area (Å²) >= 11 is 7.03. The highest BCUT2D eigenvalue weighted by Gasteiger charge is 2.54. The van der Waals surface area contributed by atoms with E-state index in [1.807, 2.05) is 24.1 Å². The minimum absolute atomic E-state index is 0.00552. The summed E-state index contributed by atoms with van der Waals surface area (Å²) in [6.07, 6.45) is 5.10. The fourth-order valence-corrected chi connectivity index (χ4v) is 7.22. The van der Waals surface area contributed by atoms with E-state index in [4.69, 9.17) is 21.4 Å². The summed E-state index contributed by atoms with van der Waals surface area (Å²) in [5.74, 6) is 0.772. The Balaban J connectivity index is 1.39. The zero-order chi connectivity index (χ0) is 28.2. The number of carbonyl (C=O) groups is 1. The van der Waals surface area contributed by atoms with Crippen molar-refractivity contribution in [1.82, 2.24) is 29.8 Å². The van der Waals surface area contributed by atoms with Crippen LogP contribution in [0.15, 0.2) is 24.9 Å². The molecule has 2 saturated heterocycles. The number of carbonyl (C=O) groups excluding carboxylic acids is 1. The third kappa shape index (κ3) is 4.40. The first kappa shape index (κ1) is 27.2. The van der Waals surface area contributed by atoms with Crippen molar-refractivity contribution in [3.8, 4) is 11.1 Å². The molecule has 3 aromatic rings. The van der Waals surface area contributed by atoms with Crippen molar-refractivity contribution in [1.29, 1.82) is 0 Å². The highest BCUT2D eigenvalue weighted by Crippen LogP contribution is 2.55. The fourth-order valence-electron chi connectivity index (χ4n) is 6.97. The van der Waals surface area contributed by atoms with Crippen molar-refractivity contribution >= 4 is 34.2 Å². The Hall–Kier alpha value is -2.95. The van der Waals surface area contributed by atoms with Gasteiger partial charge in [-0.25, -0.2) is 4.39 Å². The van der Waals surface area contributed by atoms with Crippen LogP contribution in [0.4, 0.5) is 10.2 Å². The van der Waals surface area contributed by atoms with Gasteiger partial charge in [-0.05, 0) is 44.4 Å². The summed E-state index contributed by atoms with van der Waals surface area (Å²) in [6.45, 7) is 12.2. The van der Waals surface area contributed by atoms with Crippen molar-refractivity contribution in [3.63, 3.8) is 0 Å². The van der Waals surface area contributed by atoms with Crippen LogP contribution < -0.4 is 4.90 Å². The first-order valence-electron chi connectivity index (χ1n) is 14.0. The van der Waals surface area contributed by atoms with E-state index >= 15 is 0 Å². The summed E-state index contributed by atoms with van der Waals surface area (Å²) in [4.78, 5) is 18.3. The Labute approximate surface area is 238 Å². The van der Waals surface area contributed by atoms with Gasteiger partial charge in [0.05, 0.1) is 35.4 Å². The molecule has 0 bridgehead atoms. The number of hydrogen-bond donors (Lipinski definition) is 1. The Bertz CT molecular complexity index is 1440. The number of aromatic amines is 1. The van der Waals surface area contributed by atoms with Gasteiger partial charge in [0.2, 0.25) is 5.91 Å². The Morgan fingerprint density at radius 3 is 2.77 bits per heavy atom. The molecule has 1 aliphatic carbocycles. The van der Waals surface area contributed by atoms with Gasteiger partial charge in [0.1, 0.15) is 6.67 Å². The summed E-state index contributed by atoms with van der Waals surface area (Å²) in [6, 6.07) is 1.90. The van der Waals surface area contributed by atoms with Gasteiger partial charge in [-0.15, -0.1) is 0 Å². The first-order chi connectivity index (χ1) is 19.3. The standard InChI is InChI=1S/C29H37ClFN7O2/c1-5-24(39)36-16-29(17-36)11-20(12-29)38-19(3)25(26-22-14-32-33-23(22)10-18(2)27(26)30)28(34-38)37-7-6-35(8-9-40-4)15-21(37)13-31/h5,10,14,20-21H,1,6-9,11-13,15-17H2,2-4H3,(H,32,33). The maximum atomic E-state index is 14.6. The second-order valence-corrected chi connectivity index (χ2v) is 12.1. The van der Waals surface area contributed by atoms with E-state index in [0.717, 1.165) is 78.1 Å². The highest BCUT2D eigenvalue weighted by molar-refractivity contribution is 6.36. The number of amides is 1. The molecule has 4 heterocycles. The molecule has 1 atom stereocenters. The molecule has 40 heavy (non-hydrogen) atoms. The molecule has 3 aliphatic rings. The average Bonchev–Trinajstić information content (AvgIpc) is 3.50. The predicted octanol–water partition coefficient (Wildman–Crippen LogP) is 4.15. The largest absolute Gasteiger partial charge is 0.383 e. The second-order valence-electron chi connectivity index (χ2n) is 11.7. The number of ether oxygens (including phenoxy) is 1. The van der Waals surface area contributed by atoms with Crippen molar-refractivity contribution in [2.75, 3.05) is 64.6 Å². The lowest BCUT2D eigenvalue weighted by Gasteiger charge is -2.58. The minimum atomic E-state index is -0.475. The van der Waals surface area contributed by atoms with Crippen LogP contribution in [0.3, 0.4) is 0 Å². The molecule has 214 valence electrons. The van der Waals surface area contributed by atoms with Gasteiger partial charge in [0.15, 0.2) is 5.82 Å². The molecule has 2 aliphatic heterocycles. The number of nitrogens with one attached hydrogen (secondary N) is 1. The van der Waals surface area contributed by atoms with Crippen molar-refractivity contribution in [3.05, 3.63) is 41.2 Å². The molecule has 3 fully saturated rings. The number of hydrogen-bond acceptors (Lipinski definition) is 6. The van der Waals surface area contributed by atoms with Crippen LogP contribution in [0, 0.1) is 19.3 Å². The molecule has 9 nitrogen and oxygen atoms in total. The maximum absolute atomic E-state index is 14.6. The number of fused-ring (bicyclic) bond motifs is 1. The van der Waals surface area contributed by atoms with Crippen LogP contribution in [0.2, 0.25) is 5.02 Å². The zero-order valence-electron chi connectivity index (χ0n) is 23.4. The molecule has 1 N–H and O–H groups in total. The molecule has 1 saturated carbocycles. The van der Waals surface area contributed by atoms with Crippen molar-refractivity contribution in [2.45, 2.75) is 38.8 Å². The molecule has 1 spiro atoms. The lowest BCUT2D eigenvalue weighted by atomic mass is 9.60. The predicted molar refractivity (Wildman–Crippen MR) is 155 cm³/mol. The lowest BCUT2D eigenvalue weighted by Crippen LogP contribution is -2.63. The van der Waals surface area contributed by atoms with E-state index in [-0.39, 0.29) is 23.4 Å². The van der Waals surface area contributed by atoms with Crippen molar-refractivity contribution < 1.29 is 13.9 Å². The molecule has 1 aromatic carbocycles. The third-order valence-electron chi connectivity index (χ3n) is 9.10. The maximum Gasteiger partial charge on any atom is 0.245 e. The van der Waals surface area contributed by atoms with E-state index in [1.165, 1.54) is 6.08 Å². The van der Waals surface area contributed by atoms with Gasteiger partial charge >= 0.3 is 0 Å². The van der Waals surface area contributed by atoms with Gasteiger partial charge < -0.3 is 14.5 Å². The zero-order valence-corrected chi connectivity index (χ0v) is 24.2. The fraction of sp³-hybridized carbons (Fsp3) is 0.552. The van der Waals surface area contributed by atoms with E-state index in [1.54, 1.807) is 7.11 Å². The molecule has 1 amide bonds. The number of H-pyrrole nitrogens is 1. The number of piperazine rings is 1. The van der Waals surface area contributed by atoms with Crippen LogP contribution in [0.25, 0.3) is 22.0 Å². The number of aromatic nitrogens is 4. The quantitative estimate of drug-likeness (QED) is 0.410. The van der Waals surface area contributed by atoms with E-state index < -0.39 is 6.67 Å². The lowest BCUT2D eigenvalue weighted by molar-refractivity contribution is -0.149. The second kappa shape index (κ2) is 10.5. The van der Waals surface area contributed by atoms with Crippen LogP contribution in [-0.4, -0.2) is 101 Å². The number of aryl methyl sites for hydroxylation is 1. The van der Waals surface area contributed by atoms with Gasteiger partial charge in [0, 0.05) is 74.0 Å². The summed E-state index contributed by atoms with van der Waals surface area (Å²) in [7, 11) is 1.69. The first-order valence-corrected chi connectivity index (χ1v) is 14.3. The van der Waals surface area contributed by atoms with Crippen LogP contribution in [0.1, 0.15) is 30.1 Å². The third-order valence-corrected chi connectivity index (χ3v) is 9.58. The summed E-state index contributed by atoms with van der Waals surface area (Å²) < 4.78 is 22.0. The topological polar surface area (TPSA) is 82.5 Å². The molecule has 6 rings (SSSR count). The van der Waals surface area contributed by atoms with E-state index in [9.17, 15) is 9.18 Å². The Morgan fingerprint density at radius 2 is 2.08 bits per heavy atom. The molecule has 11 heteroatoms. The molecular formula is C29H37ClFN7O2. The van der Waals surface area contributed by atoms with E-state index in [0.29, 0.717) is 24.7 Å². The van der Waals surface area contributed by atoms with Crippen LogP contribution in [-0.2, 0) is 9.53 Å². The molecule has 2 aromatic heterocycles. The Kier molecular flexibility index (Phi) is 7.13. The van der Waals surface area contributed by atoms with Gasteiger partial charge in [-0.2, -0.15) is 10.2 Å². The normalized spacial score (nSPS) is 21.2. The van der Waals surface area contributed by atoms with Crippen LogP contribution in [0.5, 0.6) is 0 Å². The van der Waals surface area contributed by atoms with Gasteiger partial charge in [-0.1, -0.05) is 18.2 Å². The number of rotatable bonds is 8. The number of anilines is 1. The average molecular weight is 570 g/mol. The van der Waals surface area contributed by atoms with Crippen LogP contribution >= 0.6 is 11.6 Å². The monoisotopic (exact) mass is 569 g/mol. The van der Waals surface area contributed by atoms with Crippen molar-refractivity contribution in [2.24, 2.45) is 5.41 Å². The Morgan fingerprint density at radius 1 is 1.30 bits per heavy atom. The number of likely N-dealkylation sites (tertiary alicyclic amines) is 1. The van der Waals surface area contributed by atoms with E-state index in [2.05, 4.69) is 38.2 Å². The summed E-state index contributed by atoms with van der Waals surface area (Å²) in [5, 5.41) is 14.2. The number of methoxy groups -OCH3 is 1. The summed E-state index contributed by atoms with van der Waals surface area (Å²) in [5.41, 5.74) is 4.86. The highest BCUT2D eigenvalue weighted by atomic mass is 35.5. The number of nitrogens with zero attached hydrogens (tertiary/aromatic N) is 6. The van der Waals surface area contributed by atoms with Gasteiger partial charge in [0.25, 0.3) is 0 Å². The smallest absolute Gasteiger partial charge is 0.245 e. The van der Waals surface area contributed by atoms with Gasteiger partial charge in [-0.3, -0.25) is 19.5 Å². The molecular weight excluding hydrogens is 533 g/mol. The number of halogens is 2.